The Balaban J connectivity index is 1.75. The molecule has 3 N–H and O–H groups in total. The fraction of sp³-hybridized carbons (Fsp3) is 0.353. The number of pyridine rings is 1. The van der Waals surface area contributed by atoms with Crippen LogP contribution in [-0.4, -0.2) is 50.5 Å². The standard InChI is InChI=1S/C17H20N6O/c1-22-7-4-11(5-8-22)14-15-12(21-16(14)18)2-3-13(20-15)17(24)23-9-6-19-10-23/h2-3,6,9-11,21H,4-5,7-8,18H2,1H3. The van der Waals surface area contributed by atoms with Gasteiger partial charge in [-0.15, -0.1) is 0 Å². The number of hydrogen-bond acceptors (Lipinski definition) is 5. The molecule has 4 heterocycles. The number of hydrogen-bond donors (Lipinski definition) is 2. The van der Waals surface area contributed by atoms with Gasteiger partial charge in [-0.25, -0.2) is 9.97 Å². The van der Waals surface area contributed by atoms with Gasteiger partial charge in [0, 0.05) is 18.0 Å². The molecule has 1 saturated heterocycles. The lowest BCUT2D eigenvalue weighted by Gasteiger charge is -2.28. The Hall–Kier alpha value is -2.67. The van der Waals surface area contributed by atoms with E-state index < -0.39 is 0 Å². The average molecular weight is 324 g/mol. The van der Waals surface area contributed by atoms with Crippen molar-refractivity contribution in [3.8, 4) is 0 Å². The smallest absolute Gasteiger partial charge is 0.281 e. The number of likely N-dealkylation sites (tertiary alicyclic amines) is 1. The largest absolute Gasteiger partial charge is 0.385 e. The summed E-state index contributed by atoms with van der Waals surface area (Å²) in [6, 6.07) is 3.60. The minimum Gasteiger partial charge on any atom is -0.385 e. The second kappa shape index (κ2) is 5.76. The molecule has 24 heavy (non-hydrogen) atoms. The number of nitrogens with zero attached hydrogens (tertiary/aromatic N) is 4. The number of nitrogens with two attached hydrogens (primary N) is 1. The van der Waals surface area contributed by atoms with E-state index in [1.807, 2.05) is 6.07 Å². The highest BCUT2D eigenvalue weighted by Crippen LogP contribution is 2.36. The van der Waals surface area contributed by atoms with Crippen LogP contribution in [0.2, 0.25) is 0 Å². The summed E-state index contributed by atoms with van der Waals surface area (Å²) in [6.45, 7) is 2.09. The third-order valence-electron chi connectivity index (χ3n) is 4.79. The van der Waals surface area contributed by atoms with Crippen molar-refractivity contribution in [2.24, 2.45) is 0 Å². The first-order valence-corrected chi connectivity index (χ1v) is 8.13. The van der Waals surface area contributed by atoms with E-state index in [4.69, 9.17) is 5.73 Å². The quantitative estimate of drug-likeness (QED) is 0.750. The van der Waals surface area contributed by atoms with Crippen LogP contribution in [0.25, 0.3) is 11.0 Å². The van der Waals surface area contributed by atoms with E-state index in [9.17, 15) is 4.79 Å². The van der Waals surface area contributed by atoms with Crippen molar-refractivity contribution >= 4 is 22.8 Å². The number of carbonyl (C=O) groups is 1. The molecule has 4 rings (SSSR count). The maximum Gasteiger partial charge on any atom is 0.281 e. The fourth-order valence-corrected chi connectivity index (χ4v) is 3.45. The number of nitrogens with one attached hydrogen (secondary N) is 1. The van der Waals surface area contributed by atoms with E-state index in [1.165, 1.54) is 10.9 Å². The number of aromatic nitrogens is 4. The molecule has 3 aromatic heterocycles. The number of aromatic amines is 1. The van der Waals surface area contributed by atoms with E-state index in [0.29, 0.717) is 17.4 Å². The number of rotatable bonds is 2. The molecule has 0 bridgehead atoms. The number of nitrogen functional groups attached to an aromatic ring is 1. The van der Waals surface area contributed by atoms with Crippen LogP contribution in [0.5, 0.6) is 0 Å². The van der Waals surface area contributed by atoms with Crippen molar-refractivity contribution in [1.82, 2.24) is 24.4 Å². The highest BCUT2D eigenvalue weighted by molar-refractivity contribution is 5.97. The zero-order chi connectivity index (χ0) is 16.7. The normalized spacial score (nSPS) is 16.7. The molecule has 7 nitrogen and oxygen atoms in total. The summed E-state index contributed by atoms with van der Waals surface area (Å²) < 4.78 is 1.43. The number of fused-ring (bicyclic) bond motifs is 1. The Morgan fingerprint density at radius 2 is 2.12 bits per heavy atom. The van der Waals surface area contributed by atoms with Crippen molar-refractivity contribution in [3.63, 3.8) is 0 Å². The first kappa shape index (κ1) is 14.9. The van der Waals surface area contributed by atoms with E-state index in [2.05, 4.69) is 26.9 Å². The summed E-state index contributed by atoms with van der Waals surface area (Å²) in [6.07, 6.45) is 6.79. The first-order chi connectivity index (χ1) is 11.6. The van der Waals surface area contributed by atoms with Gasteiger partial charge in [0.25, 0.3) is 5.91 Å². The molecule has 0 aromatic carbocycles. The van der Waals surface area contributed by atoms with Crippen molar-refractivity contribution in [1.29, 1.82) is 0 Å². The lowest BCUT2D eigenvalue weighted by Crippen LogP contribution is -2.29. The number of imidazole rings is 1. The van der Waals surface area contributed by atoms with Crippen molar-refractivity contribution < 1.29 is 4.79 Å². The molecule has 1 aliphatic heterocycles. The maximum absolute atomic E-state index is 12.5. The summed E-state index contributed by atoms with van der Waals surface area (Å²) >= 11 is 0. The SMILES string of the molecule is CN1CCC(c2c(N)[nH]c3ccc(C(=O)n4ccnc4)nc23)CC1. The molecule has 0 amide bonds. The van der Waals surface area contributed by atoms with Crippen LogP contribution in [0, 0.1) is 0 Å². The second-order valence-electron chi connectivity index (χ2n) is 6.40. The van der Waals surface area contributed by atoms with Gasteiger partial charge in [0.1, 0.15) is 17.8 Å². The predicted octanol–water partition coefficient (Wildman–Crippen LogP) is 1.84. The van der Waals surface area contributed by atoms with E-state index in [1.54, 1.807) is 18.5 Å². The molecule has 1 fully saturated rings. The van der Waals surface area contributed by atoms with Crippen LogP contribution in [0.15, 0.2) is 30.9 Å². The predicted molar refractivity (Wildman–Crippen MR) is 91.9 cm³/mol. The Bertz CT molecular complexity index is 874. The minimum atomic E-state index is -0.191. The molecule has 0 saturated carbocycles. The van der Waals surface area contributed by atoms with Gasteiger partial charge in [-0.3, -0.25) is 9.36 Å². The molecule has 7 heteroatoms. The Morgan fingerprint density at radius 1 is 1.33 bits per heavy atom. The molecule has 0 atom stereocenters. The lowest BCUT2D eigenvalue weighted by molar-refractivity contribution is 0.0955. The van der Waals surface area contributed by atoms with Crippen LogP contribution in [0.4, 0.5) is 5.82 Å². The molecule has 1 aliphatic rings. The lowest BCUT2D eigenvalue weighted by atomic mass is 9.90. The number of H-pyrrole nitrogens is 1. The number of piperidine rings is 1. The Kier molecular flexibility index (Phi) is 3.57. The maximum atomic E-state index is 12.5. The van der Waals surface area contributed by atoms with Crippen LogP contribution in [-0.2, 0) is 0 Å². The third kappa shape index (κ3) is 2.46. The molecule has 0 aliphatic carbocycles. The van der Waals surface area contributed by atoms with Gasteiger partial charge in [0.2, 0.25) is 0 Å². The summed E-state index contributed by atoms with van der Waals surface area (Å²) in [5, 5.41) is 0. The molecule has 3 aromatic rings. The zero-order valence-corrected chi connectivity index (χ0v) is 13.6. The Labute approximate surface area is 139 Å². The van der Waals surface area contributed by atoms with Crippen molar-refractivity contribution in [3.05, 3.63) is 42.1 Å². The summed E-state index contributed by atoms with van der Waals surface area (Å²) in [5.74, 6) is 0.851. The minimum absolute atomic E-state index is 0.191. The number of anilines is 1. The molecular formula is C17H20N6O. The monoisotopic (exact) mass is 324 g/mol. The van der Waals surface area contributed by atoms with Gasteiger partial charge in [-0.05, 0) is 51.0 Å². The zero-order valence-electron chi connectivity index (χ0n) is 13.6. The van der Waals surface area contributed by atoms with Crippen LogP contribution in [0.1, 0.15) is 34.8 Å². The molecule has 0 spiro atoms. The molecular weight excluding hydrogens is 304 g/mol. The van der Waals surface area contributed by atoms with E-state index >= 15 is 0 Å². The highest BCUT2D eigenvalue weighted by atomic mass is 16.2. The number of carbonyl (C=O) groups excluding carboxylic acids is 1. The summed E-state index contributed by atoms with van der Waals surface area (Å²) in [5.41, 5.74) is 9.37. The van der Waals surface area contributed by atoms with Crippen LogP contribution < -0.4 is 5.73 Å². The third-order valence-corrected chi connectivity index (χ3v) is 4.79. The average Bonchev–Trinajstić information content (AvgIpc) is 3.22. The van der Waals surface area contributed by atoms with E-state index in [0.717, 1.165) is 42.5 Å². The van der Waals surface area contributed by atoms with Gasteiger partial charge in [0.05, 0.1) is 11.0 Å². The summed E-state index contributed by atoms with van der Waals surface area (Å²) in [4.78, 5) is 26.6. The van der Waals surface area contributed by atoms with Gasteiger partial charge < -0.3 is 15.6 Å². The van der Waals surface area contributed by atoms with Crippen molar-refractivity contribution in [2.75, 3.05) is 25.9 Å². The van der Waals surface area contributed by atoms with Crippen LogP contribution in [0.3, 0.4) is 0 Å². The van der Waals surface area contributed by atoms with Crippen molar-refractivity contribution in [2.45, 2.75) is 18.8 Å². The van der Waals surface area contributed by atoms with E-state index in [-0.39, 0.29) is 5.91 Å². The van der Waals surface area contributed by atoms with Crippen LogP contribution >= 0.6 is 0 Å². The highest BCUT2D eigenvalue weighted by Gasteiger charge is 2.25. The molecule has 0 unspecified atom stereocenters. The summed E-state index contributed by atoms with van der Waals surface area (Å²) in [7, 11) is 2.13. The van der Waals surface area contributed by atoms with Gasteiger partial charge >= 0.3 is 0 Å². The van der Waals surface area contributed by atoms with Gasteiger partial charge in [0.15, 0.2) is 0 Å². The van der Waals surface area contributed by atoms with Gasteiger partial charge in [-0.1, -0.05) is 0 Å². The molecule has 124 valence electrons. The fourth-order valence-electron chi connectivity index (χ4n) is 3.45. The molecule has 0 radical (unpaired) electrons. The Morgan fingerprint density at radius 3 is 2.83 bits per heavy atom. The van der Waals surface area contributed by atoms with Gasteiger partial charge in [-0.2, -0.15) is 0 Å². The first-order valence-electron chi connectivity index (χ1n) is 8.13. The second-order valence-corrected chi connectivity index (χ2v) is 6.40. The topological polar surface area (TPSA) is 92.8 Å².